The molecule has 2 atom stereocenters. The Morgan fingerprint density at radius 1 is 1.22 bits per heavy atom. The number of H-pyrrole nitrogens is 1. The Kier molecular flexibility index (Phi) is 7.80. The average molecular weight is 582 g/mol. The monoisotopic (exact) mass is 581 g/mol. The summed E-state index contributed by atoms with van der Waals surface area (Å²) in [5.41, 5.74) is 0.0310. The Morgan fingerprint density at radius 3 is 2.54 bits per heavy atom. The number of hydrogen-bond acceptors (Lipinski definition) is 8. The van der Waals surface area contributed by atoms with Crippen molar-refractivity contribution in [2.45, 2.75) is 62.0 Å². The van der Waals surface area contributed by atoms with Crippen LogP contribution in [0.4, 0.5) is 16.3 Å². The molecule has 1 saturated carbocycles. The van der Waals surface area contributed by atoms with Crippen LogP contribution in [0.5, 0.6) is 0 Å². The van der Waals surface area contributed by atoms with Gasteiger partial charge in [-0.05, 0) is 68.4 Å². The van der Waals surface area contributed by atoms with Gasteiger partial charge in [-0.3, -0.25) is 9.48 Å². The number of carbonyl (C=O) groups is 1. The lowest BCUT2D eigenvalue weighted by molar-refractivity contribution is 0.0304. The number of nitrogens with one attached hydrogen (secondary N) is 2. The van der Waals surface area contributed by atoms with Gasteiger partial charge in [0.05, 0.1) is 28.4 Å². The SMILES string of the molecule is CC1CCCC1OC(=O)N1CCC(CC#N)(n2nc(Nc3ccc(S(=O)(=O)N(C)C)cc3)c3c(=O)[nH]ccc32)CC1. The number of amides is 1. The summed E-state index contributed by atoms with van der Waals surface area (Å²) in [4.78, 5) is 30.4. The molecular weight excluding hydrogens is 546 g/mol. The third-order valence-electron chi connectivity index (χ3n) is 8.34. The van der Waals surface area contributed by atoms with Crippen LogP contribution in [0.15, 0.2) is 46.2 Å². The van der Waals surface area contributed by atoms with Crippen molar-refractivity contribution in [3.8, 4) is 6.07 Å². The number of pyridine rings is 1. The van der Waals surface area contributed by atoms with E-state index in [4.69, 9.17) is 9.84 Å². The van der Waals surface area contributed by atoms with Crippen LogP contribution in [0.3, 0.4) is 0 Å². The first-order chi connectivity index (χ1) is 19.6. The number of nitrogens with zero attached hydrogens (tertiary/aromatic N) is 5. The van der Waals surface area contributed by atoms with Gasteiger partial charge in [-0.1, -0.05) is 6.92 Å². The number of sulfonamides is 1. The molecule has 1 aliphatic heterocycles. The quantitative estimate of drug-likeness (QED) is 0.428. The van der Waals surface area contributed by atoms with Gasteiger partial charge in [0.1, 0.15) is 11.5 Å². The number of aromatic amines is 1. The summed E-state index contributed by atoms with van der Waals surface area (Å²) in [7, 11) is -0.659. The normalized spacial score (nSPS) is 20.7. The zero-order valence-corrected chi connectivity index (χ0v) is 24.3. The first-order valence-electron chi connectivity index (χ1n) is 13.8. The van der Waals surface area contributed by atoms with Gasteiger partial charge in [-0.25, -0.2) is 17.5 Å². The Morgan fingerprint density at radius 2 is 1.93 bits per heavy atom. The molecule has 218 valence electrons. The molecule has 41 heavy (non-hydrogen) atoms. The number of likely N-dealkylation sites (tertiary alicyclic amines) is 1. The second-order valence-corrected chi connectivity index (χ2v) is 13.3. The number of carbonyl (C=O) groups excluding carboxylic acids is 1. The number of ether oxygens (including phenoxy) is 1. The van der Waals surface area contributed by atoms with Crippen molar-refractivity contribution in [3.05, 3.63) is 46.9 Å². The van der Waals surface area contributed by atoms with Gasteiger partial charge in [0.25, 0.3) is 5.56 Å². The van der Waals surface area contributed by atoms with Crippen LogP contribution in [0.1, 0.15) is 45.4 Å². The van der Waals surface area contributed by atoms with Crippen LogP contribution in [0.25, 0.3) is 10.9 Å². The van der Waals surface area contributed by atoms with E-state index in [1.165, 1.54) is 26.2 Å². The fraction of sp³-hybridized carbons (Fsp3) is 0.500. The number of fused-ring (bicyclic) bond motifs is 1. The minimum absolute atomic E-state index is 0.0548. The molecule has 2 fully saturated rings. The van der Waals surface area contributed by atoms with E-state index < -0.39 is 15.6 Å². The molecule has 13 heteroatoms. The van der Waals surface area contributed by atoms with Crippen LogP contribution in [-0.4, -0.2) is 71.8 Å². The molecule has 5 rings (SSSR count). The standard InChI is InChI=1S/C28H35N7O5S/c1-19-5-4-6-23(19)40-27(37)34-17-13-28(12-15-29,14-18-34)35-22-11-16-30-26(36)24(22)25(32-35)31-20-7-9-21(10-8-20)41(38,39)33(2)3/h7-11,16,19,23H,4-6,12-14,17-18H2,1-3H3,(H,30,36)(H,31,32). The summed E-state index contributed by atoms with van der Waals surface area (Å²) >= 11 is 0. The van der Waals surface area contributed by atoms with Crippen LogP contribution in [-0.2, 0) is 20.3 Å². The lowest BCUT2D eigenvalue weighted by Crippen LogP contribution is -2.49. The van der Waals surface area contributed by atoms with E-state index in [9.17, 15) is 23.3 Å². The lowest BCUT2D eigenvalue weighted by Gasteiger charge is -2.41. The summed E-state index contributed by atoms with van der Waals surface area (Å²) in [6.45, 7) is 2.91. The third-order valence-corrected chi connectivity index (χ3v) is 10.2. The maximum absolute atomic E-state index is 13.0. The largest absolute Gasteiger partial charge is 0.446 e. The fourth-order valence-corrected chi connectivity index (χ4v) is 6.69. The van der Waals surface area contributed by atoms with E-state index in [1.807, 2.05) is 0 Å². The molecule has 12 nitrogen and oxygen atoms in total. The molecule has 2 N–H and O–H groups in total. The van der Waals surface area contributed by atoms with E-state index in [-0.39, 0.29) is 29.1 Å². The Hall–Kier alpha value is -3.89. The molecule has 0 bridgehead atoms. The molecule has 1 amide bonds. The zero-order valence-electron chi connectivity index (χ0n) is 23.5. The molecular formula is C28H35N7O5S. The van der Waals surface area contributed by atoms with Gasteiger partial charge in [0.15, 0.2) is 5.82 Å². The van der Waals surface area contributed by atoms with E-state index in [0.29, 0.717) is 54.3 Å². The number of hydrogen-bond donors (Lipinski definition) is 2. The molecule has 1 saturated heterocycles. The van der Waals surface area contributed by atoms with Crippen molar-refractivity contribution < 1.29 is 17.9 Å². The summed E-state index contributed by atoms with van der Waals surface area (Å²) in [5, 5.41) is 18.1. The summed E-state index contributed by atoms with van der Waals surface area (Å²) < 4.78 is 33.6. The van der Waals surface area contributed by atoms with Gasteiger partial charge >= 0.3 is 6.09 Å². The predicted octanol–water partition coefficient (Wildman–Crippen LogP) is 3.75. The van der Waals surface area contributed by atoms with E-state index in [1.54, 1.807) is 34.0 Å². The van der Waals surface area contributed by atoms with Gasteiger partial charge in [0.2, 0.25) is 10.0 Å². The van der Waals surface area contributed by atoms with Crippen molar-refractivity contribution in [1.82, 2.24) is 24.0 Å². The minimum atomic E-state index is -3.59. The van der Waals surface area contributed by atoms with Crippen LogP contribution in [0.2, 0.25) is 0 Å². The lowest BCUT2D eigenvalue weighted by atomic mass is 9.85. The highest BCUT2D eigenvalue weighted by atomic mass is 32.2. The first-order valence-corrected chi connectivity index (χ1v) is 15.2. The highest BCUT2D eigenvalue weighted by Crippen LogP contribution is 2.38. The van der Waals surface area contributed by atoms with Gasteiger partial charge < -0.3 is 19.9 Å². The number of piperidine rings is 1. The van der Waals surface area contributed by atoms with Crippen molar-refractivity contribution >= 4 is 38.5 Å². The molecule has 0 radical (unpaired) electrons. The Balaban J connectivity index is 1.43. The van der Waals surface area contributed by atoms with Crippen LogP contribution < -0.4 is 10.9 Å². The maximum atomic E-state index is 13.0. The number of nitriles is 1. The van der Waals surface area contributed by atoms with Gasteiger partial charge in [0, 0.05) is 39.1 Å². The summed E-state index contributed by atoms with van der Waals surface area (Å²) in [5.74, 6) is 0.647. The van der Waals surface area contributed by atoms with E-state index >= 15 is 0 Å². The molecule has 0 spiro atoms. The van der Waals surface area contributed by atoms with Crippen LogP contribution >= 0.6 is 0 Å². The van der Waals surface area contributed by atoms with E-state index in [2.05, 4.69) is 23.3 Å². The molecule has 2 unspecified atom stereocenters. The molecule has 2 aliphatic rings. The number of aromatic nitrogens is 3. The van der Waals surface area contributed by atoms with Crippen molar-refractivity contribution in [2.24, 2.45) is 5.92 Å². The van der Waals surface area contributed by atoms with E-state index in [0.717, 1.165) is 23.6 Å². The Labute approximate surface area is 238 Å². The second kappa shape index (κ2) is 11.2. The third kappa shape index (κ3) is 5.41. The molecule has 1 aromatic carbocycles. The van der Waals surface area contributed by atoms with Gasteiger partial charge in [-0.2, -0.15) is 10.4 Å². The van der Waals surface area contributed by atoms with Gasteiger partial charge in [-0.15, -0.1) is 0 Å². The summed E-state index contributed by atoms with van der Waals surface area (Å²) in [6, 6.07) is 10.2. The first kappa shape index (κ1) is 28.6. The second-order valence-electron chi connectivity index (χ2n) is 11.1. The molecule has 1 aliphatic carbocycles. The number of benzene rings is 1. The Bertz CT molecular complexity index is 1630. The molecule has 3 aromatic rings. The average Bonchev–Trinajstić information content (AvgIpc) is 3.53. The highest BCUT2D eigenvalue weighted by molar-refractivity contribution is 7.89. The van der Waals surface area contributed by atoms with Crippen molar-refractivity contribution in [3.63, 3.8) is 0 Å². The predicted molar refractivity (Wildman–Crippen MR) is 153 cm³/mol. The molecule has 2 aromatic heterocycles. The van der Waals surface area contributed by atoms with Crippen molar-refractivity contribution in [2.75, 3.05) is 32.5 Å². The zero-order chi connectivity index (χ0) is 29.4. The molecule has 3 heterocycles. The summed E-state index contributed by atoms with van der Waals surface area (Å²) in [6.07, 6.45) is 5.26. The number of anilines is 2. The smallest absolute Gasteiger partial charge is 0.410 e. The van der Waals surface area contributed by atoms with Crippen LogP contribution in [0, 0.1) is 17.2 Å². The maximum Gasteiger partial charge on any atom is 0.410 e. The van der Waals surface area contributed by atoms with Crippen molar-refractivity contribution in [1.29, 1.82) is 5.26 Å². The highest BCUT2D eigenvalue weighted by Gasteiger charge is 2.41. The number of rotatable bonds is 7. The fourth-order valence-electron chi connectivity index (χ4n) is 5.79. The topological polar surface area (TPSA) is 153 Å². The minimum Gasteiger partial charge on any atom is -0.446 e.